The molecule has 0 spiro atoms. The maximum absolute atomic E-state index is 12.8. The highest BCUT2D eigenvalue weighted by atomic mass is 16.5. The van der Waals surface area contributed by atoms with Crippen molar-refractivity contribution in [3.05, 3.63) is 24.3 Å². The average Bonchev–Trinajstić information content (AvgIpc) is 3.20. The summed E-state index contributed by atoms with van der Waals surface area (Å²) in [5, 5.41) is 11.1. The van der Waals surface area contributed by atoms with E-state index in [1.165, 1.54) is 173 Å². The molecule has 6 nitrogen and oxygen atoms in total. The topological polar surface area (TPSA) is 92.7 Å². The summed E-state index contributed by atoms with van der Waals surface area (Å²) >= 11 is 0. The van der Waals surface area contributed by atoms with Crippen LogP contribution < -0.4 is 5.32 Å². The molecule has 0 heterocycles. The first-order chi connectivity index (χ1) is 28.0. The summed E-state index contributed by atoms with van der Waals surface area (Å²) < 4.78 is 6.07. The molecule has 57 heavy (non-hydrogen) atoms. The van der Waals surface area contributed by atoms with Crippen molar-refractivity contribution in [2.24, 2.45) is 0 Å². The normalized spacial score (nSPS) is 12.2. The Balaban J connectivity index is 4.08. The Labute approximate surface area is 354 Å². The van der Waals surface area contributed by atoms with Gasteiger partial charge in [-0.1, -0.05) is 212 Å². The number of ether oxygens (including phenoxy) is 1. The molecule has 0 aromatic heterocycles. The van der Waals surface area contributed by atoms with Gasteiger partial charge in [0.2, 0.25) is 5.91 Å². The molecule has 0 aromatic rings. The van der Waals surface area contributed by atoms with Crippen LogP contribution in [0.4, 0.5) is 0 Å². The van der Waals surface area contributed by atoms with Crippen LogP contribution in [0.25, 0.3) is 0 Å². The van der Waals surface area contributed by atoms with Crippen LogP contribution >= 0.6 is 0 Å². The lowest BCUT2D eigenvalue weighted by Gasteiger charge is -2.18. The van der Waals surface area contributed by atoms with E-state index in [1.54, 1.807) is 0 Å². The first-order valence-corrected chi connectivity index (χ1v) is 25.0. The zero-order valence-electron chi connectivity index (χ0n) is 38.0. The lowest BCUT2D eigenvalue weighted by atomic mass is 10.0. The third kappa shape index (κ3) is 46.5. The monoisotopic (exact) mass is 802 g/mol. The van der Waals surface area contributed by atoms with E-state index in [2.05, 4.69) is 43.5 Å². The Morgan fingerprint density at radius 1 is 0.456 bits per heavy atom. The van der Waals surface area contributed by atoms with Crippen molar-refractivity contribution in [2.45, 2.75) is 277 Å². The van der Waals surface area contributed by atoms with Gasteiger partial charge in [0.1, 0.15) is 12.6 Å². The van der Waals surface area contributed by atoms with Gasteiger partial charge in [-0.15, -0.1) is 0 Å². The van der Waals surface area contributed by atoms with Gasteiger partial charge in [-0.2, -0.15) is 0 Å². The van der Waals surface area contributed by atoms with Crippen LogP contribution in [0.3, 0.4) is 0 Å². The first kappa shape index (κ1) is 54.9. The number of unbranched alkanes of at least 4 members (excludes halogenated alkanes) is 31. The van der Waals surface area contributed by atoms with Gasteiger partial charge in [0.25, 0.3) is 0 Å². The highest BCUT2D eigenvalue weighted by Gasteiger charge is 2.14. The number of esters is 1. The number of carbonyl (C=O) groups is 3. The summed E-state index contributed by atoms with van der Waals surface area (Å²) in [7, 11) is 0. The number of carbonyl (C=O) groups excluding carboxylic acids is 2. The molecule has 0 aromatic carbocycles. The highest BCUT2D eigenvalue weighted by Crippen LogP contribution is 2.19. The van der Waals surface area contributed by atoms with Crippen molar-refractivity contribution >= 4 is 17.8 Å². The number of hydrogen-bond donors (Lipinski definition) is 2. The van der Waals surface area contributed by atoms with E-state index in [4.69, 9.17) is 9.84 Å². The number of aliphatic carboxylic acids is 1. The minimum atomic E-state index is -1.01. The molecule has 0 saturated carbocycles. The van der Waals surface area contributed by atoms with E-state index in [0.717, 1.165) is 70.6 Å². The van der Waals surface area contributed by atoms with Crippen molar-refractivity contribution in [3.8, 4) is 0 Å². The van der Waals surface area contributed by atoms with Gasteiger partial charge in [0.15, 0.2) is 0 Å². The van der Waals surface area contributed by atoms with Crippen molar-refractivity contribution in [3.63, 3.8) is 0 Å². The van der Waals surface area contributed by atoms with E-state index in [-0.39, 0.29) is 24.5 Å². The predicted octanol–water partition coefficient (Wildman–Crippen LogP) is 15.9. The fourth-order valence-electron chi connectivity index (χ4n) is 7.67. The summed E-state index contributed by atoms with van der Waals surface area (Å²) in [6.07, 6.45) is 57.4. The SMILES string of the molecule is CCCCCCC/C=C\C/C=C\CCCCCCCCCCCC(=O)OC(CCCCCCCCCCCCCCCC)CCCCCCCC(=O)NCC(=O)O. The number of amides is 1. The third-order valence-corrected chi connectivity index (χ3v) is 11.4. The second-order valence-electron chi connectivity index (χ2n) is 17.1. The summed E-state index contributed by atoms with van der Waals surface area (Å²) in [6, 6.07) is 0. The molecule has 6 heteroatoms. The molecule has 1 atom stereocenters. The van der Waals surface area contributed by atoms with Crippen molar-refractivity contribution in [2.75, 3.05) is 6.54 Å². The van der Waals surface area contributed by atoms with Crippen molar-refractivity contribution < 1.29 is 24.2 Å². The number of carboxylic acids is 1. The van der Waals surface area contributed by atoms with E-state index in [1.807, 2.05) is 0 Å². The number of allylic oxidation sites excluding steroid dienone is 4. The van der Waals surface area contributed by atoms with Gasteiger partial charge in [-0.05, 0) is 70.6 Å². The lowest BCUT2D eigenvalue weighted by molar-refractivity contribution is -0.150. The van der Waals surface area contributed by atoms with Crippen LogP contribution in [0.1, 0.15) is 271 Å². The molecule has 0 rings (SSSR count). The van der Waals surface area contributed by atoms with Gasteiger partial charge in [-0.3, -0.25) is 14.4 Å². The van der Waals surface area contributed by atoms with E-state index < -0.39 is 5.97 Å². The fourth-order valence-corrected chi connectivity index (χ4v) is 7.67. The first-order valence-electron chi connectivity index (χ1n) is 25.0. The Kier molecular flexibility index (Phi) is 44.9. The minimum absolute atomic E-state index is 0.0133. The molecule has 334 valence electrons. The highest BCUT2D eigenvalue weighted by molar-refractivity contribution is 5.80. The standard InChI is InChI=1S/C51H95NO5/c1-3-5-7-9-11-13-15-17-19-20-21-22-23-24-25-27-29-31-33-38-42-46-51(56)57-48(44-40-36-34-37-41-45-49(53)52-47-50(54)55)43-39-35-32-30-28-26-18-16-14-12-10-8-6-4-2/h15,17,20-21,48H,3-14,16,18-19,22-47H2,1-2H3,(H,52,53)(H,54,55)/b17-15-,21-20-. The fraction of sp³-hybridized carbons (Fsp3) is 0.863. The Hall–Kier alpha value is -2.11. The average molecular weight is 802 g/mol. The molecular formula is C51H95NO5. The zero-order chi connectivity index (χ0) is 41.5. The van der Waals surface area contributed by atoms with Gasteiger partial charge in [-0.25, -0.2) is 0 Å². The van der Waals surface area contributed by atoms with E-state index in [9.17, 15) is 14.4 Å². The number of nitrogens with one attached hydrogen (secondary N) is 1. The predicted molar refractivity (Wildman–Crippen MR) is 245 cm³/mol. The molecule has 0 saturated heterocycles. The number of rotatable bonds is 46. The van der Waals surface area contributed by atoms with Crippen molar-refractivity contribution in [1.29, 1.82) is 0 Å². The van der Waals surface area contributed by atoms with Gasteiger partial charge < -0.3 is 15.2 Å². The molecule has 0 aliphatic rings. The molecular weight excluding hydrogens is 707 g/mol. The molecule has 0 bridgehead atoms. The van der Waals surface area contributed by atoms with Gasteiger partial charge in [0, 0.05) is 12.8 Å². The molecule has 0 fully saturated rings. The summed E-state index contributed by atoms with van der Waals surface area (Å²) in [4.78, 5) is 35.2. The maximum atomic E-state index is 12.8. The van der Waals surface area contributed by atoms with Crippen LogP contribution in [-0.2, 0) is 19.1 Å². The second-order valence-corrected chi connectivity index (χ2v) is 17.1. The van der Waals surface area contributed by atoms with Crippen LogP contribution in [0.2, 0.25) is 0 Å². The summed E-state index contributed by atoms with van der Waals surface area (Å²) in [5.41, 5.74) is 0. The van der Waals surface area contributed by atoms with Crippen LogP contribution in [0.5, 0.6) is 0 Å². The van der Waals surface area contributed by atoms with Crippen LogP contribution in [0, 0.1) is 0 Å². The zero-order valence-corrected chi connectivity index (χ0v) is 38.0. The Bertz CT molecular complexity index is 931. The Morgan fingerprint density at radius 3 is 1.21 bits per heavy atom. The minimum Gasteiger partial charge on any atom is -0.480 e. The molecule has 0 aliphatic carbocycles. The van der Waals surface area contributed by atoms with Crippen LogP contribution in [-0.4, -0.2) is 35.6 Å². The molecule has 1 amide bonds. The molecule has 0 aliphatic heterocycles. The molecule has 1 unspecified atom stereocenters. The largest absolute Gasteiger partial charge is 0.480 e. The van der Waals surface area contributed by atoms with E-state index in [0.29, 0.717) is 12.8 Å². The van der Waals surface area contributed by atoms with Crippen molar-refractivity contribution in [1.82, 2.24) is 5.32 Å². The summed E-state index contributed by atoms with van der Waals surface area (Å²) in [5.74, 6) is -1.22. The third-order valence-electron chi connectivity index (χ3n) is 11.4. The van der Waals surface area contributed by atoms with E-state index >= 15 is 0 Å². The number of carboxylic acid groups (broad SMARTS) is 1. The quantitative estimate of drug-likeness (QED) is 0.0363. The smallest absolute Gasteiger partial charge is 0.322 e. The Morgan fingerprint density at radius 2 is 0.807 bits per heavy atom. The van der Waals surface area contributed by atoms with Gasteiger partial charge in [0.05, 0.1) is 0 Å². The lowest BCUT2D eigenvalue weighted by Crippen LogP contribution is -2.28. The second kappa shape index (κ2) is 46.6. The molecule has 0 radical (unpaired) electrons. The summed E-state index contributed by atoms with van der Waals surface area (Å²) in [6.45, 7) is 4.24. The van der Waals surface area contributed by atoms with Crippen LogP contribution in [0.15, 0.2) is 24.3 Å². The molecule has 2 N–H and O–H groups in total. The number of hydrogen-bond acceptors (Lipinski definition) is 4. The maximum Gasteiger partial charge on any atom is 0.322 e. The van der Waals surface area contributed by atoms with Gasteiger partial charge >= 0.3 is 11.9 Å².